The number of carbonyl (C=O) groups is 2. The van der Waals surface area contributed by atoms with Crippen LogP contribution < -0.4 is 19.7 Å². The molecule has 0 saturated carbocycles. The van der Waals surface area contributed by atoms with E-state index in [1.165, 1.54) is 24.4 Å². The summed E-state index contributed by atoms with van der Waals surface area (Å²) in [6, 6.07) is 6.60. The Balaban J connectivity index is 1.70. The van der Waals surface area contributed by atoms with Crippen LogP contribution in [-0.4, -0.2) is 50.0 Å². The Morgan fingerprint density at radius 3 is 2.56 bits per heavy atom. The van der Waals surface area contributed by atoms with Crippen LogP contribution in [0.2, 0.25) is 10.0 Å². The van der Waals surface area contributed by atoms with Crippen molar-refractivity contribution in [3.63, 3.8) is 0 Å². The first-order valence-electron chi connectivity index (χ1n) is 12.9. The third kappa shape index (κ3) is 3.79. The Bertz CT molecular complexity index is 1760. The van der Waals surface area contributed by atoms with Crippen LogP contribution in [0, 0.1) is 6.92 Å². The lowest BCUT2D eigenvalue weighted by Crippen LogP contribution is -2.51. The molecule has 0 fully saturated rings. The van der Waals surface area contributed by atoms with Crippen LogP contribution >= 0.6 is 23.2 Å². The molecule has 0 bridgehead atoms. The summed E-state index contributed by atoms with van der Waals surface area (Å²) in [6.45, 7) is 7.83. The topological polar surface area (TPSA) is 124 Å². The second-order valence-corrected chi connectivity index (χ2v) is 10.7. The number of ether oxygens (including phenoxy) is 2. The van der Waals surface area contributed by atoms with E-state index in [1.54, 1.807) is 31.2 Å². The maximum absolute atomic E-state index is 14.4. The monoisotopic (exact) mass is 593 g/mol. The van der Waals surface area contributed by atoms with Crippen LogP contribution in [0.5, 0.6) is 11.9 Å². The molecule has 1 aromatic carbocycles. The van der Waals surface area contributed by atoms with Gasteiger partial charge in [-0.3, -0.25) is 19.5 Å². The van der Waals surface area contributed by atoms with Crippen LogP contribution in [0.15, 0.2) is 36.7 Å². The van der Waals surface area contributed by atoms with Gasteiger partial charge in [0.1, 0.15) is 5.82 Å². The molecule has 6 rings (SSSR count). The molecule has 0 aliphatic carbocycles. The van der Waals surface area contributed by atoms with Crippen molar-refractivity contribution in [2.45, 2.75) is 39.3 Å². The van der Waals surface area contributed by atoms with Gasteiger partial charge in [0.05, 0.1) is 41.4 Å². The minimum Gasteiger partial charge on any atom is -0.480 e. The quantitative estimate of drug-likeness (QED) is 0.323. The third-order valence-corrected chi connectivity index (χ3v) is 7.61. The van der Waals surface area contributed by atoms with Crippen LogP contribution in [-0.2, 0) is 10.3 Å². The number of hydrogen-bond donors (Lipinski definition) is 1. The molecule has 1 N–H and O–H groups in total. The summed E-state index contributed by atoms with van der Waals surface area (Å²) in [5, 5.41) is 3.70. The Morgan fingerprint density at radius 1 is 1.07 bits per heavy atom. The highest BCUT2D eigenvalue weighted by molar-refractivity contribution is 6.32. The highest BCUT2D eigenvalue weighted by Crippen LogP contribution is 2.55. The SMILES string of the molecule is CCOc1ncc(-c2nc3c(n2C(C)C)C2(C(=O)Nc4cc(Cl)ccc42)N(c2cc(Cl)cnc2C)C3=O)c(OC)n1. The van der Waals surface area contributed by atoms with Gasteiger partial charge in [-0.15, -0.1) is 0 Å². The number of anilines is 2. The summed E-state index contributed by atoms with van der Waals surface area (Å²) < 4.78 is 12.9. The zero-order valence-corrected chi connectivity index (χ0v) is 24.3. The lowest BCUT2D eigenvalue weighted by atomic mass is 9.87. The first kappa shape index (κ1) is 27.0. The van der Waals surface area contributed by atoms with E-state index in [0.29, 0.717) is 56.4 Å². The van der Waals surface area contributed by atoms with E-state index >= 15 is 0 Å². The number of nitrogens with one attached hydrogen (secondary N) is 1. The van der Waals surface area contributed by atoms with E-state index in [4.69, 9.17) is 37.7 Å². The van der Waals surface area contributed by atoms with Crippen LogP contribution in [0.25, 0.3) is 11.4 Å². The number of aryl methyl sites for hydroxylation is 1. The number of benzene rings is 1. The summed E-state index contributed by atoms with van der Waals surface area (Å²) in [5.74, 6) is -0.347. The van der Waals surface area contributed by atoms with Gasteiger partial charge in [0.2, 0.25) is 5.88 Å². The smallest absolute Gasteiger partial charge is 0.319 e. The molecule has 1 unspecified atom stereocenters. The fraction of sp³-hybridized carbons (Fsp3) is 0.286. The second-order valence-electron chi connectivity index (χ2n) is 9.86. The molecule has 210 valence electrons. The van der Waals surface area contributed by atoms with Gasteiger partial charge in [0.25, 0.3) is 11.8 Å². The molecule has 2 amide bonds. The van der Waals surface area contributed by atoms with Crippen LogP contribution in [0.1, 0.15) is 54.3 Å². The lowest BCUT2D eigenvalue weighted by molar-refractivity contribution is -0.119. The molecule has 3 aromatic heterocycles. The number of aromatic nitrogens is 5. The Labute approximate surface area is 245 Å². The predicted octanol–water partition coefficient (Wildman–Crippen LogP) is 5.19. The largest absolute Gasteiger partial charge is 0.480 e. The predicted molar refractivity (Wildman–Crippen MR) is 153 cm³/mol. The number of amides is 2. The number of carbonyl (C=O) groups excluding carboxylic acids is 2. The summed E-state index contributed by atoms with van der Waals surface area (Å²) in [7, 11) is 1.48. The molecule has 2 aliphatic heterocycles. The Hall–Kier alpha value is -4.22. The molecule has 11 nitrogen and oxygen atoms in total. The molecule has 1 atom stereocenters. The zero-order valence-electron chi connectivity index (χ0n) is 22.8. The zero-order chi connectivity index (χ0) is 29.2. The molecular formula is C28H25Cl2N7O4. The van der Waals surface area contributed by atoms with Crippen molar-refractivity contribution in [1.29, 1.82) is 0 Å². The number of pyridine rings is 1. The van der Waals surface area contributed by atoms with Crippen molar-refractivity contribution in [1.82, 2.24) is 24.5 Å². The molecule has 1 spiro atoms. The standard InChI is InChI=1S/C28H25Cl2N7O4/c1-6-41-27-32-12-17(24(35-27)40-5)23-34-21-22(36(23)13(2)3)28(18-8-7-15(29)9-19(18)33-26(28)39)37(25(21)38)20-10-16(30)11-31-14(20)4/h7-13H,6H2,1-5H3,(H,33,39). The summed E-state index contributed by atoms with van der Waals surface area (Å²) >= 11 is 12.7. The first-order valence-corrected chi connectivity index (χ1v) is 13.6. The normalized spacial score (nSPS) is 17.3. The van der Waals surface area contributed by atoms with Gasteiger partial charge in [0.15, 0.2) is 11.2 Å². The van der Waals surface area contributed by atoms with Crippen molar-refractivity contribution in [3.8, 4) is 23.3 Å². The number of hydrogen-bond acceptors (Lipinski definition) is 8. The molecule has 0 saturated heterocycles. The van der Waals surface area contributed by atoms with Crippen LogP contribution in [0.4, 0.5) is 11.4 Å². The van der Waals surface area contributed by atoms with Gasteiger partial charge in [-0.25, -0.2) is 9.97 Å². The average molecular weight is 594 g/mol. The van der Waals surface area contributed by atoms with E-state index in [2.05, 4.69) is 20.3 Å². The third-order valence-electron chi connectivity index (χ3n) is 7.17. The molecule has 41 heavy (non-hydrogen) atoms. The van der Waals surface area contributed by atoms with Crippen molar-refractivity contribution in [2.75, 3.05) is 23.9 Å². The van der Waals surface area contributed by atoms with E-state index < -0.39 is 17.4 Å². The van der Waals surface area contributed by atoms with Gasteiger partial charge < -0.3 is 19.4 Å². The fourth-order valence-electron chi connectivity index (χ4n) is 5.58. The number of imidazole rings is 1. The summed E-state index contributed by atoms with van der Waals surface area (Å²) in [6.07, 6.45) is 3.03. The maximum atomic E-state index is 14.4. The van der Waals surface area contributed by atoms with Crippen molar-refractivity contribution < 1.29 is 19.1 Å². The molecule has 13 heteroatoms. The fourth-order valence-corrected chi connectivity index (χ4v) is 5.91. The van der Waals surface area contributed by atoms with Gasteiger partial charge in [0, 0.05) is 34.7 Å². The molecular weight excluding hydrogens is 569 g/mol. The van der Waals surface area contributed by atoms with Gasteiger partial charge in [-0.1, -0.05) is 29.3 Å². The summed E-state index contributed by atoms with van der Waals surface area (Å²) in [5.41, 5.74) is 1.21. The van der Waals surface area contributed by atoms with E-state index in [-0.39, 0.29) is 23.6 Å². The Kier molecular flexibility index (Phi) is 6.39. The van der Waals surface area contributed by atoms with Crippen molar-refractivity contribution >= 4 is 46.4 Å². The minimum absolute atomic E-state index is 0.0990. The highest BCUT2D eigenvalue weighted by Gasteiger charge is 2.64. The van der Waals surface area contributed by atoms with E-state index in [1.807, 2.05) is 25.3 Å². The van der Waals surface area contributed by atoms with Gasteiger partial charge in [-0.05, 0) is 45.9 Å². The number of fused-ring (bicyclic) bond motifs is 4. The van der Waals surface area contributed by atoms with Crippen molar-refractivity contribution in [2.24, 2.45) is 0 Å². The minimum atomic E-state index is -1.64. The molecule has 4 aromatic rings. The molecule has 2 aliphatic rings. The molecule has 0 radical (unpaired) electrons. The van der Waals surface area contributed by atoms with Crippen molar-refractivity contribution in [3.05, 3.63) is 69.3 Å². The van der Waals surface area contributed by atoms with Gasteiger partial charge >= 0.3 is 6.01 Å². The first-order chi connectivity index (χ1) is 19.6. The molecule has 5 heterocycles. The highest BCUT2D eigenvalue weighted by atomic mass is 35.5. The maximum Gasteiger partial charge on any atom is 0.319 e. The van der Waals surface area contributed by atoms with E-state index in [0.717, 1.165) is 0 Å². The number of nitrogens with zero attached hydrogens (tertiary/aromatic N) is 6. The number of methoxy groups -OCH3 is 1. The second kappa shape index (κ2) is 9.71. The summed E-state index contributed by atoms with van der Waals surface area (Å²) in [4.78, 5) is 48.1. The van der Waals surface area contributed by atoms with Gasteiger partial charge in [-0.2, -0.15) is 4.98 Å². The van der Waals surface area contributed by atoms with Crippen LogP contribution in [0.3, 0.4) is 0 Å². The number of halogens is 2. The number of rotatable bonds is 6. The average Bonchev–Trinajstić information content (AvgIpc) is 3.54. The lowest BCUT2D eigenvalue weighted by Gasteiger charge is -2.36. The Morgan fingerprint density at radius 2 is 1.85 bits per heavy atom. The van der Waals surface area contributed by atoms with E-state index in [9.17, 15) is 9.59 Å².